The highest BCUT2D eigenvalue weighted by Crippen LogP contribution is 2.31. The van der Waals surface area contributed by atoms with Gasteiger partial charge in [0.25, 0.3) is 5.91 Å². The number of aryl methyl sites for hydroxylation is 2. The van der Waals surface area contributed by atoms with Gasteiger partial charge in [-0.15, -0.1) is 23.7 Å². The molecule has 3 rings (SSSR count). The Bertz CT molecular complexity index is 504. The molecule has 5 heteroatoms. The second-order valence-corrected chi connectivity index (χ2v) is 7.39. The number of carbonyl (C=O) groups excluding carboxylic acids is 1. The van der Waals surface area contributed by atoms with Crippen molar-refractivity contribution in [2.45, 2.75) is 64.1 Å². The number of fused-ring (bicyclic) bond motifs is 2. The molecular weight excluding hydrogens is 304 g/mol. The molecule has 3 nitrogen and oxygen atoms in total. The second-order valence-electron chi connectivity index (χ2n) is 6.25. The highest BCUT2D eigenvalue weighted by molar-refractivity contribution is 7.14. The van der Waals surface area contributed by atoms with Gasteiger partial charge in [-0.2, -0.15) is 0 Å². The molecule has 2 atom stereocenters. The number of nitrogens with zero attached hydrogens (tertiary/aromatic N) is 1. The predicted octanol–water partition coefficient (Wildman–Crippen LogP) is 3.40. The van der Waals surface area contributed by atoms with Crippen molar-refractivity contribution in [3.63, 3.8) is 0 Å². The molecule has 2 unspecified atom stereocenters. The van der Waals surface area contributed by atoms with Gasteiger partial charge in [0.15, 0.2) is 0 Å². The molecule has 0 radical (unpaired) electrons. The fourth-order valence-electron chi connectivity index (χ4n) is 3.66. The van der Waals surface area contributed by atoms with Gasteiger partial charge in [0.2, 0.25) is 0 Å². The third kappa shape index (κ3) is 3.27. The molecule has 1 aromatic heterocycles. The quantitative estimate of drug-likeness (QED) is 0.922. The molecule has 1 N–H and O–H groups in total. The van der Waals surface area contributed by atoms with Crippen molar-refractivity contribution in [1.29, 1.82) is 0 Å². The fourth-order valence-corrected chi connectivity index (χ4v) is 4.76. The SMILES string of the molecule is CCc1sc(C(=O)N(C)C2CC3CCC(C2)N3)cc1C.Cl. The van der Waals surface area contributed by atoms with E-state index in [1.54, 1.807) is 11.3 Å². The number of hydrogen-bond donors (Lipinski definition) is 1. The van der Waals surface area contributed by atoms with E-state index in [4.69, 9.17) is 0 Å². The predicted molar refractivity (Wildman–Crippen MR) is 90.7 cm³/mol. The van der Waals surface area contributed by atoms with E-state index in [1.165, 1.54) is 23.3 Å². The summed E-state index contributed by atoms with van der Waals surface area (Å²) in [4.78, 5) is 16.9. The lowest BCUT2D eigenvalue weighted by Gasteiger charge is -2.35. The van der Waals surface area contributed by atoms with E-state index >= 15 is 0 Å². The van der Waals surface area contributed by atoms with Crippen molar-refractivity contribution >= 4 is 29.7 Å². The zero-order valence-corrected chi connectivity index (χ0v) is 14.6. The second kappa shape index (κ2) is 6.67. The lowest BCUT2D eigenvalue weighted by Crippen LogP contribution is -2.48. The number of halogens is 1. The van der Waals surface area contributed by atoms with Crippen LogP contribution in [-0.4, -0.2) is 36.0 Å². The lowest BCUT2D eigenvalue weighted by atomic mass is 9.98. The van der Waals surface area contributed by atoms with Crippen LogP contribution in [-0.2, 0) is 6.42 Å². The average Bonchev–Trinajstić information content (AvgIpc) is 2.99. The van der Waals surface area contributed by atoms with E-state index in [2.05, 4.69) is 25.2 Å². The van der Waals surface area contributed by atoms with Gasteiger partial charge in [-0.3, -0.25) is 4.79 Å². The topological polar surface area (TPSA) is 32.3 Å². The Kier molecular flexibility index (Phi) is 5.33. The zero-order chi connectivity index (χ0) is 14.3. The van der Waals surface area contributed by atoms with Crippen molar-refractivity contribution in [2.75, 3.05) is 7.05 Å². The minimum Gasteiger partial charge on any atom is -0.338 e. The average molecular weight is 329 g/mol. The van der Waals surface area contributed by atoms with Gasteiger partial charge in [-0.1, -0.05) is 6.92 Å². The molecule has 1 aromatic rings. The number of thiophene rings is 1. The van der Waals surface area contributed by atoms with E-state index in [0.717, 1.165) is 24.1 Å². The maximum atomic E-state index is 12.7. The number of hydrogen-bond acceptors (Lipinski definition) is 3. The van der Waals surface area contributed by atoms with Crippen LogP contribution in [0.2, 0.25) is 0 Å². The highest BCUT2D eigenvalue weighted by Gasteiger charge is 2.36. The number of rotatable bonds is 3. The van der Waals surface area contributed by atoms with Crippen LogP contribution < -0.4 is 5.32 Å². The van der Waals surface area contributed by atoms with Gasteiger partial charge < -0.3 is 10.2 Å². The van der Waals surface area contributed by atoms with Crippen molar-refractivity contribution in [1.82, 2.24) is 10.2 Å². The Labute approximate surface area is 137 Å². The standard InChI is InChI=1S/C16H24N2OS.ClH/c1-4-14-10(2)7-15(20-14)16(19)18(3)13-8-11-5-6-12(9-13)17-11;/h7,11-13,17H,4-6,8-9H2,1-3H3;1H. The fraction of sp³-hybridized carbons (Fsp3) is 0.688. The van der Waals surface area contributed by atoms with Gasteiger partial charge in [-0.05, 0) is 50.7 Å². The van der Waals surface area contributed by atoms with Gasteiger partial charge >= 0.3 is 0 Å². The molecule has 3 heterocycles. The lowest BCUT2D eigenvalue weighted by molar-refractivity contribution is 0.0686. The third-order valence-corrected chi connectivity index (χ3v) is 6.24. The Hall–Kier alpha value is -0.580. The van der Waals surface area contributed by atoms with Crippen LogP contribution in [0.25, 0.3) is 0 Å². The molecule has 2 aliphatic heterocycles. The summed E-state index contributed by atoms with van der Waals surface area (Å²) in [5.41, 5.74) is 1.26. The molecule has 2 saturated heterocycles. The summed E-state index contributed by atoms with van der Waals surface area (Å²) in [5, 5.41) is 3.64. The molecule has 2 fully saturated rings. The molecular formula is C16H25ClN2OS. The first kappa shape index (κ1) is 16.8. The summed E-state index contributed by atoms with van der Waals surface area (Å²) in [5.74, 6) is 0.212. The van der Waals surface area contributed by atoms with Crippen molar-refractivity contribution in [3.8, 4) is 0 Å². The van der Waals surface area contributed by atoms with Gasteiger partial charge in [0.05, 0.1) is 4.88 Å². The van der Waals surface area contributed by atoms with Crippen LogP contribution in [0, 0.1) is 6.92 Å². The minimum atomic E-state index is 0. The molecule has 0 aromatic carbocycles. The monoisotopic (exact) mass is 328 g/mol. The molecule has 0 spiro atoms. The van der Waals surface area contributed by atoms with Gasteiger partial charge in [0.1, 0.15) is 0 Å². The summed E-state index contributed by atoms with van der Waals surface area (Å²) < 4.78 is 0. The maximum Gasteiger partial charge on any atom is 0.263 e. The number of nitrogens with one attached hydrogen (secondary N) is 1. The number of amides is 1. The van der Waals surface area contributed by atoms with Crippen molar-refractivity contribution in [2.24, 2.45) is 0 Å². The van der Waals surface area contributed by atoms with E-state index < -0.39 is 0 Å². The van der Waals surface area contributed by atoms with Crippen LogP contribution in [0.4, 0.5) is 0 Å². The van der Waals surface area contributed by atoms with E-state index in [1.807, 2.05) is 11.9 Å². The van der Waals surface area contributed by atoms with Crippen LogP contribution in [0.3, 0.4) is 0 Å². The molecule has 1 amide bonds. The maximum absolute atomic E-state index is 12.7. The largest absolute Gasteiger partial charge is 0.338 e. The smallest absolute Gasteiger partial charge is 0.263 e. The van der Waals surface area contributed by atoms with Crippen molar-refractivity contribution < 1.29 is 4.79 Å². The molecule has 2 bridgehead atoms. The van der Waals surface area contributed by atoms with E-state index in [9.17, 15) is 4.79 Å². The number of carbonyl (C=O) groups is 1. The summed E-state index contributed by atoms with van der Waals surface area (Å²) in [6, 6.07) is 3.74. The van der Waals surface area contributed by atoms with Gasteiger partial charge in [-0.25, -0.2) is 0 Å². The highest BCUT2D eigenvalue weighted by atomic mass is 35.5. The number of piperidine rings is 1. The molecule has 21 heavy (non-hydrogen) atoms. The summed E-state index contributed by atoms with van der Waals surface area (Å²) in [7, 11) is 1.98. The van der Waals surface area contributed by atoms with Crippen molar-refractivity contribution in [3.05, 3.63) is 21.4 Å². The normalized spacial score (nSPS) is 27.3. The summed E-state index contributed by atoms with van der Waals surface area (Å²) in [6.45, 7) is 4.26. The van der Waals surface area contributed by atoms with E-state index in [-0.39, 0.29) is 18.3 Å². The van der Waals surface area contributed by atoms with E-state index in [0.29, 0.717) is 18.1 Å². The minimum absolute atomic E-state index is 0. The van der Waals surface area contributed by atoms with Crippen LogP contribution in [0.15, 0.2) is 6.07 Å². The first-order valence-corrected chi connectivity index (χ1v) is 8.52. The zero-order valence-electron chi connectivity index (χ0n) is 13.0. The Balaban J connectivity index is 0.00000161. The molecule has 2 aliphatic rings. The Morgan fingerprint density at radius 3 is 2.52 bits per heavy atom. The first-order valence-electron chi connectivity index (χ1n) is 7.71. The Morgan fingerprint density at radius 2 is 2.00 bits per heavy atom. The van der Waals surface area contributed by atoms with Gasteiger partial charge in [0, 0.05) is 30.1 Å². The molecule has 118 valence electrons. The summed E-state index contributed by atoms with van der Waals surface area (Å²) in [6.07, 6.45) is 5.81. The third-order valence-electron chi connectivity index (χ3n) is 4.87. The van der Waals surface area contributed by atoms with Crippen LogP contribution in [0.1, 0.15) is 52.7 Å². The first-order chi connectivity index (χ1) is 9.58. The van der Waals surface area contributed by atoms with Crippen LogP contribution in [0.5, 0.6) is 0 Å². The Morgan fingerprint density at radius 1 is 1.38 bits per heavy atom. The molecule has 0 saturated carbocycles. The summed E-state index contributed by atoms with van der Waals surface area (Å²) >= 11 is 1.67. The van der Waals surface area contributed by atoms with Crippen LogP contribution >= 0.6 is 23.7 Å². The molecule has 0 aliphatic carbocycles.